The molecule has 0 heterocycles. The Morgan fingerprint density at radius 2 is 1.86 bits per heavy atom. The van der Waals surface area contributed by atoms with Crippen molar-refractivity contribution in [3.8, 4) is 0 Å². The summed E-state index contributed by atoms with van der Waals surface area (Å²) in [6.07, 6.45) is 0.537. The zero-order valence-corrected chi connectivity index (χ0v) is 8.91. The van der Waals surface area contributed by atoms with Crippen molar-refractivity contribution in [2.24, 2.45) is 17.4 Å². The normalized spacial score (nSPS) is 14.9. The second-order valence-corrected chi connectivity index (χ2v) is 3.65. The van der Waals surface area contributed by atoms with E-state index in [-0.39, 0.29) is 11.8 Å². The molecule has 1 unspecified atom stereocenters. The Morgan fingerprint density at radius 3 is 2.14 bits per heavy atom. The summed E-state index contributed by atoms with van der Waals surface area (Å²) in [6.45, 7) is 5.43. The van der Waals surface area contributed by atoms with Gasteiger partial charge in [0.2, 0.25) is 11.8 Å². The van der Waals surface area contributed by atoms with Gasteiger partial charge in [-0.25, -0.2) is 0 Å². The van der Waals surface area contributed by atoms with Crippen LogP contribution in [0, 0.1) is 5.92 Å². The second-order valence-electron chi connectivity index (χ2n) is 3.65. The maximum Gasteiger partial charge on any atom is 0.240 e. The van der Waals surface area contributed by atoms with Crippen molar-refractivity contribution in [1.82, 2.24) is 5.32 Å². The zero-order valence-electron chi connectivity index (χ0n) is 8.91. The number of carbonyl (C=O) groups excluding carboxylic acids is 2. The minimum Gasteiger partial charge on any atom is -0.368 e. The molecule has 82 valence electrons. The maximum absolute atomic E-state index is 11.3. The molecule has 0 fully saturated rings. The number of hydrogen-bond donors (Lipinski definition) is 3. The van der Waals surface area contributed by atoms with E-state index in [4.69, 9.17) is 11.5 Å². The first-order valence-corrected chi connectivity index (χ1v) is 4.75. The van der Waals surface area contributed by atoms with E-state index in [1.807, 2.05) is 13.8 Å². The lowest BCUT2D eigenvalue weighted by molar-refractivity contribution is -0.129. The van der Waals surface area contributed by atoms with Crippen LogP contribution in [-0.2, 0) is 9.59 Å². The van der Waals surface area contributed by atoms with Gasteiger partial charge in [0.05, 0.1) is 6.04 Å². The smallest absolute Gasteiger partial charge is 0.240 e. The zero-order chi connectivity index (χ0) is 11.3. The third-order valence-electron chi connectivity index (χ3n) is 2.05. The molecule has 0 saturated heterocycles. The van der Waals surface area contributed by atoms with Gasteiger partial charge < -0.3 is 16.8 Å². The van der Waals surface area contributed by atoms with Crippen molar-refractivity contribution in [3.05, 3.63) is 0 Å². The van der Waals surface area contributed by atoms with E-state index in [1.54, 1.807) is 6.92 Å². The van der Waals surface area contributed by atoms with Crippen LogP contribution in [0.15, 0.2) is 0 Å². The van der Waals surface area contributed by atoms with Crippen LogP contribution in [0.1, 0.15) is 27.2 Å². The first-order valence-electron chi connectivity index (χ1n) is 4.75. The highest BCUT2D eigenvalue weighted by Crippen LogP contribution is 2.01. The fourth-order valence-corrected chi connectivity index (χ4v) is 1.01. The Morgan fingerprint density at radius 1 is 1.36 bits per heavy atom. The molecule has 0 aromatic carbocycles. The number of amides is 2. The van der Waals surface area contributed by atoms with E-state index >= 15 is 0 Å². The highest BCUT2D eigenvalue weighted by Gasteiger charge is 2.23. The molecule has 0 spiro atoms. The molecule has 0 aliphatic carbocycles. The average Bonchev–Trinajstić information content (AvgIpc) is 2.11. The number of hydrogen-bond acceptors (Lipinski definition) is 3. The standard InChI is InChI=1S/C9H19N3O2/c1-4-6(10)9(14)12-7(5(2)3)8(11)13/h5-7H,4,10H2,1-3H3,(H2,11,13)(H,12,14)/t6-,7?/m0/s1. The number of primary amides is 1. The van der Waals surface area contributed by atoms with Gasteiger partial charge in [0.15, 0.2) is 0 Å². The Hall–Kier alpha value is -1.10. The van der Waals surface area contributed by atoms with Crippen LogP contribution >= 0.6 is 0 Å². The topological polar surface area (TPSA) is 98.2 Å². The van der Waals surface area contributed by atoms with E-state index in [1.165, 1.54) is 0 Å². The lowest BCUT2D eigenvalue weighted by atomic mass is 10.0. The van der Waals surface area contributed by atoms with E-state index in [9.17, 15) is 9.59 Å². The van der Waals surface area contributed by atoms with Crippen molar-refractivity contribution >= 4 is 11.8 Å². The lowest BCUT2D eigenvalue weighted by Crippen LogP contribution is -2.52. The fraction of sp³-hybridized carbons (Fsp3) is 0.778. The molecule has 5 heteroatoms. The van der Waals surface area contributed by atoms with E-state index in [0.29, 0.717) is 6.42 Å². The van der Waals surface area contributed by atoms with Gasteiger partial charge in [0.25, 0.3) is 0 Å². The molecule has 0 aliphatic heterocycles. The third-order valence-corrected chi connectivity index (χ3v) is 2.05. The molecule has 2 amide bonds. The minimum atomic E-state index is -0.639. The molecule has 2 atom stereocenters. The Labute approximate surface area is 84.2 Å². The van der Waals surface area contributed by atoms with Crippen LogP contribution in [0.3, 0.4) is 0 Å². The molecule has 0 bridgehead atoms. The van der Waals surface area contributed by atoms with Crippen molar-refractivity contribution in [2.45, 2.75) is 39.3 Å². The fourth-order valence-electron chi connectivity index (χ4n) is 1.01. The number of nitrogens with one attached hydrogen (secondary N) is 1. The van der Waals surface area contributed by atoms with Crippen molar-refractivity contribution < 1.29 is 9.59 Å². The molecular weight excluding hydrogens is 182 g/mol. The largest absolute Gasteiger partial charge is 0.368 e. The van der Waals surface area contributed by atoms with Crippen LogP contribution < -0.4 is 16.8 Å². The molecule has 14 heavy (non-hydrogen) atoms. The molecule has 0 rings (SSSR count). The molecule has 0 aromatic heterocycles. The summed E-state index contributed by atoms with van der Waals surface area (Å²) < 4.78 is 0. The summed E-state index contributed by atoms with van der Waals surface area (Å²) in [7, 11) is 0. The van der Waals surface area contributed by atoms with Crippen molar-refractivity contribution in [1.29, 1.82) is 0 Å². The van der Waals surface area contributed by atoms with E-state index in [2.05, 4.69) is 5.32 Å². The minimum absolute atomic E-state index is 0.0273. The highest BCUT2D eigenvalue weighted by molar-refractivity contribution is 5.88. The monoisotopic (exact) mass is 201 g/mol. The van der Waals surface area contributed by atoms with Gasteiger partial charge in [-0.15, -0.1) is 0 Å². The molecule has 0 saturated carbocycles. The Balaban J connectivity index is 4.31. The second kappa shape index (κ2) is 5.59. The van der Waals surface area contributed by atoms with Crippen LogP contribution in [0.4, 0.5) is 0 Å². The first kappa shape index (κ1) is 12.9. The van der Waals surface area contributed by atoms with Gasteiger partial charge in [0, 0.05) is 0 Å². The molecule has 5 N–H and O–H groups in total. The molecule has 0 aromatic rings. The summed E-state index contributed by atoms with van der Waals surface area (Å²) in [5, 5.41) is 2.53. The van der Waals surface area contributed by atoms with Gasteiger partial charge in [-0.05, 0) is 12.3 Å². The first-order chi connectivity index (χ1) is 6.40. The van der Waals surface area contributed by atoms with Gasteiger partial charge in [-0.3, -0.25) is 9.59 Å². The SMILES string of the molecule is CC[C@H](N)C(=O)NC(C(N)=O)C(C)C. The molecular formula is C9H19N3O2. The van der Waals surface area contributed by atoms with Crippen molar-refractivity contribution in [3.63, 3.8) is 0 Å². The number of rotatable bonds is 5. The summed E-state index contributed by atoms with van der Waals surface area (Å²) >= 11 is 0. The van der Waals surface area contributed by atoms with Gasteiger partial charge in [-0.2, -0.15) is 0 Å². The Bertz CT molecular complexity index is 216. The molecule has 0 aliphatic rings. The molecule has 5 nitrogen and oxygen atoms in total. The average molecular weight is 201 g/mol. The maximum atomic E-state index is 11.3. The molecule has 0 radical (unpaired) electrons. The third kappa shape index (κ3) is 3.74. The van der Waals surface area contributed by atoms with Crippen LogP contribution in [0.2, 0.25) is 0 Å². The van der Waals surface area contributed by atoms with E-state index < -0.39 is 18.0 Å². The van der Waals surface area contributed by atoms with Gasteiger partial charge in [0.1, 0.15) is 6.04 Å². The highest BCUT2D eigenvalue weighted by atomic mass is 16.2. The van der Waals surface area contributed by atoms with Crippen LogP contribution in [0.5, 0.6) is 0 Å². The summed E-state index contributed by atoms with van der Waals surface area (Å²) in [5.41, 5.74) is 10.6. The quantitative estimate of drug-likeness (QED) is 0.551. The summed E-state index contributed by atoms with van der Waals surface area (Å²) in [4.78, 5) is 22.3. The summed E-state index contributed by atoms with van der Waals surface area (Å²) in [5.74, 6) is -0.887. The van der Waals surface area contributed by atoms with Crippen LogP contribution in [-0.4, -0.2) is 23.9 Å². The Kier molecular flexibility index (Phi) is 5.15. The predicted molar refractivity (Wildman–Crippen MR) is 54.2 cm³/mol. The predicted octanol–water partition coefficient (Wildman–Crippen LogP) is -0.650. The van der Waals surface area contributed by atoms with Gasteiger partial charge in [-0.1, -0.05) is 20.8 Å². The number of carbonyl (C=O) groups is 2. The number of nitrogens with two attached hydrogens (primary N) is 2. The van der Waals surface area contributed by atoms with Gasteiger partial charge >= 0.3 is 0 Å². The lowest BCUT2D eigenvalue weighted by Gasteiger charge is -2.20. The van der Waals surface area contributed by atoms with E-state index in [0.717, 1.165) is 0 Å². The van der Waals surface area contributed by atoms with Crippen molar-refractivity contribution in [2.75, 3.05) is 0 Å². The summed E-state index contributed by atoms with van der Waals surface area (Å²) in [6, 6.07) is -1.21. The van der Waals surface area contributed by atoms with Crippen LogP contribution in [0.25, 0.3) is 0 Å².